The minimum atomic E-state index is -0.870. The summed E-state index contributed by atoms with van der Waals surface area (Å²) in [6.45, 7) is 3.81. The predicted molar refractivity (Wildman–Crippen MR) is 113 cm³/mol. The van der Waals surface area contributed by atoms with E-state index in [-0.39, 0.29) is 5.91 Å². The topological polar surface area (TPSA) is 51.5 Å². The minimum Gasteiger partial charge on any atom is -0.449 e. The minimum absolute atomic E-state index is 0.143. The van der Waals surface area contributed by atoms with Crippen molar-refractivity contribution in [2.24, 2.45) is 7.05 Å². The lowest BCUT2D eigenvalue weighted by molar-refractivity contribution is -0.152. The summed E-state index contributed by atoms with van der Waals surface area (Å²) in [5.41, 5.74) is 4.57. The van der Waals surface area contributed by atoms with Crippen molar-refractivity contribution in [1.82, 2.24) is 9.47 Å². The van der Waals surface area contributed by atoms with E-state index >= 15 is 0 Å². The highest BCUT2D eigenvalue weighted by molar-refractivity contribution is 5.86. The van der Waals surface area contributed by atoms with Crippen LogP contribution >= 0.6 is 0 Å². The van der Waals surface area contributed by atoms with E-state index in [0.29, 0.717) is 31.0 Å². The second-order valence-corrected chi connectivity index (χ2v) is 7.84. The summed E-state index contributed by atoms with van der Waals surface area (Å²) < 4.78 is 7.34. The van der Waals surface area contributed by atoms with Crippen LogP contribution in [0.15, 0.2) is 54.7 Å². The maximum absolute atomic E-state index is 13.0. The molecular weight excluding hydrogens is 364 g/mol. The van der Waals surface area contributed by atoms with Gasteiger partial charge in [-0.3, -0.25) is 9.59 Å². The summed E-state index contributed by atoms with van der Waals surface area (Å²) in [4.78, 5) is 25.8. The molecule has 0 saturated carbocycles. The number of aryl methyl sites for hydroxylation is 2. The van der Waals surface area contributed by atoms with E-state index in [9.17, 15) is 9.59 Å². The summed E-state index contributed by atoms with van der Waals surface area (Å²) >= 11 is 0. The van der Waals surface area contributed by atoms with Gasteiger partial charge in [0.1, 0.15) is 0 Å². The molecule has 1 saturated heterocycles. The third-order valence-corrected chi connectivity index (χ3v) is 5.94. The molecule has 0 spiro atoms. The van der Waals surface area contributed by atoms with Crippen LogP contribution in [0, 0.1) is 6.92 Å². The molecule has 1 aliphatic rings. The molecule has 1 atom stereocenters. The smallest absolute Gasteiger partial charge is 0.294 e. The van der Waals surface area contributed by atoms with Crippen LogP contribution in [0.2, 0.25) is 0 Å². The van der Waals surface area contributed by atoms with E-state index in [1.807, 2.05) is 35.2 Å². The summed E-state index contributed by atoms with van der Waals surface area (Å²) in [7, 11) is 2.08. The molecule has 4 rings (SSSR count). The van der Waals surface area contributed by atoms with Crippen LogP contribution in [0.4, 0.5) is 0 Å². The van der Waals surface area contributed by atoms with Gasteiger partial charge in [0, 0.05) is 42.8 Å². The fraction of sp³-hybridized carbons (Fsp3) is 0.333. The average molecular weight is 390 g/mol. The van der Waals surface area contributed by atoms with Gasteiger partial charge in [-0.15, -0.1) is 0 Å². The maximum Gasteiger partial charge on any atom is 0.294 e. The molecule has 2 aromatic carbocycles. The zero-order chi connectivity index (χ0) is 20.4. The molecule has 5 nitrogen and oxygen atoms in total. The van der Waals surface area contributed by atoms with Gasteiger partial charge in [-0.25, -0.2) is 0 Å². The van der Waals surface area contributed by atoms with Gasteiger partial charge in [0.15, 0.2) is 0 Å². The first kappa shape index (κ1) is 19.2. The number of piperidine rings is 1. The normalized spacial score (nSPS) is 16.0. The summed E-state index contributed by atoms with van der Waals surface area (Å²) in [6, 6.07) is 15.8. The molecule has 0 unspecified atom stereocenters. The zero-order valence-electron chi connectivity index (χ0n) is 16.9. The summed E-state index contributed by atoms with van der Waals surface area (Å²) in [5, 5.41) is 1.31. The van der Waals surface area contributed by atoms with Crippen LogP contribution in [0.1, 0.15) is 41.6 Å². The first-order valence-electron chi connectivity index (χ1n) is 10.1. The Hall–Kier alpha value is -3.08. The lowest BCUT2D eigenvalue weighted by Crippen LogP contribution is -2.41. The number of aromatic nitrogens is 1. The van der Waals surface area contributed by atoms with Crippen LogP contribution in [0.5, 0.6) is 0 Å². The van der Waals surface area contributed by atoms with Crippen molar-refractivity contribution in [2.75, 3.05) is 13.1 Å². The van der Waals surface area contributed by atoms with Gasteiger partial charge in [-0.2, -0.15) is 0 Å². The number of carbonyl (C=O) groups is 2. The SMILES string of the molecule is Cc1ccc2c(c1)c(C1CCN(C(=O)[C@H](OC=O)c3ccccc3)CC1)cn2C. The number of hydrogen-bond acceptors (Lipinski definition) is 3. The average Bonchev–Trinajstić information content (AvgIpc) is 3.08. The fourth-order valence-electron chi connectivity index (χ4n) is 4.40. The Balaban J connectivity index is 1.50. The second kappa shape index (κ2) is 8.11. The largest absolute Gasteiger partial charge is 0.449 e. The fourth-order valence-corrected chi connectivity index (χ4v) is 4.40. The number of nitrogens with zero attached hydrogens (tertiary/aromatic N) is 2. The molecule has 1 aliphatic heterocycles. The summed E-state index contributed by atoms with van der Waals surface area (Å²) in [5.74, 6) is 0.280. The van der Waals surface area contributed by atoms with E-state index in [0.717, 1.165) is 12.8 Å². The second-order valence-electron chi connectivity index (χ2n) is 7.84. The Morgan fingerprint density at radius 3 is 2.55 bits per heavy atom. The standard InChI is InChI=1S/C24H26N2O3/c1-17-8-9-22-20(14-17)21(15-25(22)2)18-10-12-26(13-11-18)24(28)23(29-16-27)19-6-4-3-5-7-19/h3-9,14-16,18,23H,10-13H2,1-2H3/t23-/m1/s1. The van der Waals surface area contributed by atoms with Gasteiger partial charge in [0.25, 0.3) is 12.4 Å². The molecule has 1 aromatic heterocycles. The first-order valence-corrected chi connectivity index (χ1v) is 10.1. The zero-order valence-corrected chi connectivity index (χ0v) is 16.9. The lowest BCUT2D eigenvalue weighted by atomic mass is 9.88. The molecule has 3 aromatic rings. The van der Waals surface area contributed by atoms with Gasteiger partial charge in [-0.1, -0.05) is 42.0 Å². The number of carbonyl (C=O) groups excluding carboxylic acids is 2. The third kappa shape index (κ3) is 3.77. The molecule has 1 fully saturated rings. The quantitative estimate of drug-likeness (QED) is 0.616. The van der Waals surface area contributed by atoms with Crippen LogP contribution in [-0.2, 0) is 21.4 Å². The number of hydrogen-bond donors (Lipinski definition) is 0. The van der Waals surface area contributed by atoms with Crippen LogP contribution in [0.3, 0.4) is 0 Å². The van der Waals surface area contributed by atoms with Crippen LogP contribution in [-0.4, -0.2) is 34.9 Å². The van der Waals surface area contributed by atoms with E-state index in [4.69, 9.17) is 4.74 Å². The number of ether oxygens (including phenoxy) is 1. The molecule has 0 radical (unpaired) electrons. The summed E-state index contributed by atoms with van der Waals surface area (Å²) in [6.07, 6.45) is 3.17. The number of likely N-dealkylation sites (tertiary alicyclic amines) is 1. The molecule has 0 aliphatic carbocycles. The Kier molecular flexibility index (Phi) is 5.38. The van der Waals surface area contributed by atoms with Gasteiger partial charge < -0.3 is 14.2 Å². The molecule has 5 heteroatoms. The van der Waals surface area contributed by atoms with Crippen molar-refractivity contribution < 1.29 is 14.3 Å². The molecule has 150 valence electrons. The Morgan fingerprint density at radius 2 is 1.86 bits per heavy atom. The maximum atomic E-state index is 13.0. The van der Waals surface area contributed by atoms with E-state index < -0.39 is 6.10 Å². The van der Waals surface area contributed by atoms with Crippen LogP contribution < -0.4 is 0 Å². The Bertz CT molecular complexity index is 1020. The molecule has 0 N–H and O–H groups in total. The highest BCUT2D eigenvalue weighted by atomic mass is 16.5. The van der Waals surface area contributed by atoms with Crippen molar-refractivity contribution in [1.29, 1.82) is 0 Å². The van der Waals surface area contributed by atoms with Crippen molar-refractivity contribution in [3.05, 3.63) is 71.4 Å². The van der Waals surface area contributed by atoms with Crippen LogP contribution in [0.25, 0.3) is 10.9 Å². The third-order valence-electron chi connectivity index (χ3n) is 5.94. The Morgan fingerprint density at radius 1 is 1.14 bits per heavy atom. The molecular formula is C24H26N2O3. The number of fused-ring (bicyclic) bond motifs is 1. The highest BCUT2D eigenvalue weighted by Crippen LogP contribution is 2.35. The predicted octanol–water partition coefficient (Wildman–Crippen LogP) is 4.11. The highest BCUT2D eigenvalue weighted by Gasteiger charge is 2.31. The van der Waals surface area contributed by atoms with Crippen molar-refractivity contribution >= 4 is 23.3 Å². The van der Waals surface area contributed by atoms with Gasteiger partial charge in [-0.05, 0) is 43.4 Å². The first-order chi connectivity index (χ1) is 14.1. The van der Waals surface area contributed by atoms with Crippen molar-refractivity contribution in [3.63, 3.8) is 0 Å². The van der Waals surface area contributed by atoms with Crippen molar-refractivity contribution in [3.8, 4) is 0 Å². The van der Waals surface area contributed by atoms with E-state index in [2.05, 4.69) is 42.9 Å². The number of rotatable bonds is 5. The van der Waals surface area contributed by atoms with Gasteiger partial charge >= 0.3 is 0 Å². The number of amides is 1. The Labute approximate surface area is 170 Å². The van der Waals surface area contributed by atoms with E-state index in [1.54, 1.807) is 0 Å². The monoisotopic (exact) mass is 390 g/mol. The molecule has 2 heterocycles. The molecule has 1 amide bonds. The van der Waals surface area contributed by atoms with Crippen molar-refractivity contribution in [2.45, 2.75) is 31.8 Å². The molecule has 0 bridgehead atoms. The number of benzene rings is 2. The lowest BCUT2D eigenvalue weighted by Gasteiger charge is -2.33. The van der Waals surface area contributed by atoms with Gasteiger partial charge in [0.2, 0.25) is 6.10 Å². The van der Waals surface area contributed by atoms with Gasteiger partial charge in [0.05, 0.1) is 0 Å². The van der Waals surface area contributed by atoms with E-state index in [1.165, 1.54) is 22.0 Å². The molecule has 29 heavy (non-hydrogen) atoms.